The molecule has 0 radical (unpaired) electrons. The van der Waals surface area contributed by atoms with Crippen LogP contribution in [0.3, 0.4) is 0 Å². The highest BCUT2D eigenvalue weighted by atomic mass is 16.2. The van der Waals surface area contributed by atoms with Gasteiger partial charge in [-0.1, -0.05) is 56.9 Å². The number of nitrogens with one attached hydrogen (secondary N) is 2. The average Bonchev–Trinajstić information content (AvgIpc) is 3.64. The summed E-state index contributed by atoms with van der Waals surface area (Å²) in [5.41, 5.74) is -0.527. The highest BCUT2D eigenvalue weighted by molar-refractivity contribution is 5.76. The maximum absolute atomic E-state index is 14.0. The number of benzene rings is 2. The zero-order valence-electron chi connectivity index (χ0n) is 42.3. The van der Waals surface area contributed by atoms with E-state index < -0.39 is 22.5 Å². The number of hydrogen-bond donors (Lipinski definition) is 2. The number of piperidine rings is 3. The van der Waals surface area contributed by atoms with Gasteiger partial charge in [0.2, 0.25) is 11.6 Å². The Morgan fingerprint density at radius 3 is 1.30 bits per heavy atom. The molecule has 6 aromatic rings. The SMILES string of the molecule is CC1C[C@@H]2CC(N3[C@@H]4CCC[C@H]3CC(n3c(=O)c(-n5ncc(=O)[nH]c5=O)nc5ccccc53)C4)C[C@H](C1)C2.O=c1cnn(-c2nc3ccccc3n(C3C[C@H]4CC[C@@H](C3)N4C3C[C@H]4CCC[C@@H](C3)C4)c2=O)c(=O)[nH]1. The van der Waals surface area contributed by atoms with Gasteiger partial charge in [0, 0.05) is 48.3 Å². The van der Waals surface area contributed by atoms with Crippen LogP contribution in [-0.4, -0.2) is 94.7 Å². The van der Waals surface area contributed by atoms with Gasteiger partial charge in [-0.2, -0.15) is 19.6 Å². The Morgan fingerprint density at radius 2 is 0.838 bits per heavy atom. The molecular weight excluding hydrogens is 937 g/mol. The zero-order valence-corrected chi connectivity index (χ0v) is 42.3. The molecule has 388 valence electrons. The second kappa shape index (κ2) is 19.2. The molecule has 8 fully saturated rings. The molecule has 8 bridgehead atoms. The van der Waals surface area contributed by atoms with E-state index in [9.17, 15) is 28.8 Å². The van der Waals surface area contributed by atoms with E-state index in [2.05, 4.69) is 46.9 Å². The van der Waals surface area contributed by atoms with E-state index in [0.29, 0.717) is 47.3 Å². The van der Waals surface area contributed by atoms with Crippen LogP contribution in [0.25, 0.3) is 33.7 Å². The van der Waals surface area contributed by atoms with E-state index in [1.807, 2.05) is 57.7 Å². The molecule has 4 saturated carbocycles. The second-order valence-corrected chi connectivity index (χ2v) is 23.9. The van der Waals surface area contributed by atoms with E-state index in [1.54, 1.807) is 0 Å². The summed E-state index contributed by atoms with van der Waals surface area (Å²) in [6.45, 7) is 2.43. The molecule has 4 saturated heterocycles. The summed E-state index contributed by atoms with van der Waals surface area (Å²) in [6.07, 6.45) is 26.9. The summed E-state index contributed by atoms with van der Waals surface area (Å²) in [5.74, 6) is 4.29. The van der Waals surface area contributed by atoms with Crippen molar-refractivity contribution in [3.05, 3.63) is 123 Å². The molecule has 8 heterocycles. The lowest BCUT2D eigenvalue weighted by Gasteiger charge is -2.55. The molecule has 5 unspecified atom stereocenters. The maximum atomic E-state index is 14.0. The first-order valence-corrected chi connectivity index (χ1v) is 27.9. The molecule has 18 heteroatoms. The predicted molar refractivity (Wildman–Crippen MR) is 280 cm³/mol. The van der Waals surface area contributed by atoms with Gasteiger partial charge in [-0.05, 0) is 157 Å². The fourth-order valence-corrected chi connectivity index (χ4v) is 16.8. The molecule has 8 aliphatic rings. The van der Waals surface area contributed by atoms with Gasteiger partial charge in [-0.15, -0.1) is 0 Å². The molecule has 18 nitrogen and oxygen atoms in total. The molecule has 2 N–H and O–H groups in total. The van der Waals surface area contributed by atoms with Crippen molar-refractivity contribution in [3.63, 3.8) is 0 Å². The van der Waals surface area contributed by atoms with Crippen LogP contribution in [0, 0.1) is 29.6 Å². The van der Waals surface area contributed by atoms with Crippen molar-refractivity contribution in [2.75, 3.05) is 0 Å². The second-order valence-electron chi connectivity index (χ2n) is 23.9. The van der Waals surface area contributed by atoms with Gasteiger partial charge in [-0.25, -0.2) is 19.6 Å². The lowest BCUT2D eigenvalue weighted by atomic mass is 9.65. The normalized spacial score (nSPS) is 32.7. The number of para-hydroxylation sites is 4. The number of hydrogen-bond acceptors (Lipinski definition) is 12. The minimum atomic E-state index is -0.758. The number of aromatic nitrogens is 10. The van der Waals surface area contributed by atoms with E-state index in [1.165, 1.54) is 103 Å². The summed E-state index contributed by atoms with van der Waals surface area (Å²) in [7, 11) is 0. The van der Waals surface area contributed by atoms with E-state index in [-0.39, 0.29) is 34.8 Å². The molecule has 14 rings (SSSR count). The molecular formula is C56H68N12O6. The van der Waals surface area contributed by atoms with Crippen LogP contribution in [-0.2, 0) is 0 Å². The van der Waals surface area contributed by atoms with Crippen molar-refractivity contribution >= 4 is 22.1 Å². The first-order valence-electron chi connectivity index (χ1n) is 27.9. The average molecular weight is 1010 g/mol. The topological polar surface area (TPSA) is 212 Å². The van der Waals surface area contributed by atoms with Crippen LogP contribution in [0.4, 0.5) is 0 Å². The maximum Gasteiger partial charge on any atom is 0.351 e. The molecule has 13 atom stereocenters. The number of aromatic amines is 2. The number of H-pyrrole nitrogens is 2. The molecule has 74 heavy (non-hydrogen) atoms. The van der Waals surface area contributed by atoms with Gasteiger partial charge in [0.05, 0.1) is 22.1 Å². The highest BCUT2D eigenvalue weighted by Crippen LogP contribution is 2.50. The fourth-order valence-electron chi connectivity index (χ4n) is 16.8. The van der Waals surface area contributed by atoms with Gasteiger partial charge in [-0.3, -0.25) is 38.9 Å². The first kappa shape index (κ1) is 47.6. The van der Waals surface area contributed by atoms with Crippen molar-refractivity contribution in [3.8, 4) is 11.6 Å². The molecule has 0 amide bonds. The third kappa shape index (κ3) is 8.66. The Kier molecular flexibility index (Phi) is 12.3. The molecule has 4 aliphatic carbocycles. The largest absolute Gasteiger partial charge is 0.351 e. The number of nitrogens with zero attached hydrogens (tertiary/aromatic N) is 10. The first-order chi connectivity index (χ1) is 36.0. The summed E-state index contributed by atoms with van der Waals surface area (Å²) in [4.78, 5) is 95.2. The van der Waals surface area contributed by atoms with Gasteiger partial charge in [0.1, 0.15) is 12.4 Å². The Bertz CT molecular complexity index is 3430. The smallest absolute Gasteiger partial charge is 0.300 e. The standard InChI is InChI=1S/C29H36N6O3.C27H32N6O3/c1-17-9-18-11-19(10-17)13-22(12-18)33-20-5-4-6-21(33)15-23(14-20)34-25-8-3-2-7-24(25)31-27(28(34)37)35-29(38)32-26(36)16-30-35;34-24-15-28-33(27(36)30-24)25-26(35)32(23-7-2-1-6-22(23)29-25)21-13-18-8-9-19(14-21)31(18)20-11-16-4-3-5-17(10-16)12-20/h2-3,7-8,16-23H,4-6,9-15H2,1H3,(H,32,36,38);1-2,6-7,15-21H,3-5,8-14H2,(H,30,34,36)/t17?,18-,19+,20-,21+,22?,23?;16-,17+,18-,19+,20?,21?. The molecule has 0 spiro atoms. The highest BCUT2D eigenvalue weighted by Gasteiger charge is 2.49. The Labute approximate surface area is 427 Å². The van der Waals surface area contributed by atoms with Crippen molar-refractivity contribution < 1.29 is 0 Å². The van der Waals surface area contributed by atoms with Crippen LogP contribution in [0.1, 0.15) is 147 Å². The van der Waals surface area contributed by atoms with Crippen LogP contribution in [0.5, 0.6) is 0 Å². The summed E-state index contributed by atoms with van der Waals surface area (Å²) < 4.78 is 5.56. The number of rotatable bonds is 6. The quantitative estimate of drug-likeness (QED) is 0.192. The van der Waals surface area contributed by atoms with Crippen molar-refractivity contribution in [2.45, 2.75) is 184 Å². The zero-order chi connectivity index (χ0) is 50.4. The van der Waals surface area contributed by atoms with E-state index >= 15 is 0 Å². The summed E-state index contributed by atoms with van der Waals surface area (Å²) in [5, 5.41) is 7.86. The third-order valence-electron chi connectivity index (χ3n) is 19.2. The van der Waals surface area contributed by atoms with Gasteiger partial charge in [0.15, 0.2) is 0 Å². The Balaban J connectivity index is 0.000000143. The lowest BCUT2D eigenvalue weighted by Crippen LogP contribution is -2.59. The monoisotopic (exact) mass is 1000 g/mol. The lowest BCUT2D eigenvalue weighted by molar-refractivity contribution is -0.0524. The Morgan fingerprint density at radius 1 is 0.432 bits per heavy atom. The predicted octanol–water partition coefficient (Wildman–Crippen LogP) is 6.17. The third-order valence-corrected chi connectivity index (χ3v) is 19.2. The van der Waals surface area contributed by atoms with Crippen molar-refractivity contribution in [1.29, 1.82) is 0 Å². The van der Waals surface area contributed by atoms with Crippen LogP contribution in [0.15, 0.2) is 89.7 Å². The fraction of sp³-hybridized carbons (Fsp3) is 0.607. The van der Waals surface area contributed by atoms with E-state index in [4.69, 9.17) is 0 Å². The molecule has 4 aliphatic heterocycles. The van der Waals surface area contributed by atoms with Gasteiger partial charge in [0.25, 0.3) is 22.2 Å². The minimum Gasteiger partial charge on any atom is -0.300 e. The molecule has 2 aromatic carbocycles. The summed E-state index contributed by atoms with van der Waals surface area (Å²) >= 11 is 0. The van der Waals surface area contributed by atoms with Gasteiger partial charge < -0.3 is 9.13 Å². The van der Waals surface area contributed by atoms with Crippen molar-refractivity contribution in [2.24, 2.45) is 29.6 Å². The molecule has 4 aromatic heterocycles. The van der Waals surface area contributed by atoms with E-state index in [0.717, 1.165) is 88.1 Å². The van der Waals surface area contributed by atoms with Crippen molar-refractivity contribution in [1.82, 2.24) is 58.4 Å². The Hall–Kier alpha value is -6.14. The van der Waals surface area contributed by atoms with Crippen LogP contribution < -0.4 is 33.6 Å². The number of fused-ring (bicyclic) bond motifs is 10. The van der Waals surface area contributed by atoms with Gasteiger partial charge >= 0.3 is 11.4 Å². The minimum absolute atomic E-state index is 0.0299. The van der Waals surface area contributed by atoms with Crippen LogP contribution in [0.2, 0.25) is 0 Å². The summed E-state index contributed by atoms with van der Waals surface area (Å²) in [6, 6.07) is 18.6. The van der Waals surface area contributed by atoms with Crippen LogP contribution >= 0.6 is 0 Å².